The van der Waals surface area contributed by atoms with Gasteiger partial charge < -0.3 is 14.9 Å². The maximum Gasteiger partial charge on any atom is 0.226 e. The number of allylic oxidation sites excluding steroid dienone is 1. The maximum absolute atomic E-state index is 15.0. The summed E-state index contributed by atoms with van der Waals surface area (Å²) in [6.45, 7) is 30.9. The average Bonchev–Trinajstić information content (AvgIpc) is 3.46. The van der Waals surface area contributed by atoms with Crippen LogP contribution < -0.4 is 0 Å². The lowest BCUT2D eigenvalue weighted by molar-refractivity contribution is -0.246. The Morgan fingerprint density at radius 2 is 1.47 bits per heavy atom. The van der Waals surface area contributed by atoms with Crippen LogP contribution >= 0.6 is 0 Å². The Labute approximate surface area is 299 Å². The van der Waals surface area contributed by atoms with Crippen LogP contribution in [0, 0.1) is 73.9 Å². The number of Topliss-reactive ketones (excluding diaryl/α,β-unsaturated/α-hetero) is 1. The van der Waals surface area contributed by atoms with Gasteiger partial charge in [0, 0.05) is 43.9 Å². The molecule has 1 N–H and O–H groups in total. The minimum atomic E-state index is -0.226. The topological polar surface area (TPSA) is 60.9 Å². The highest BCUT2D eigenvalue weighted by atomic mass is 16.3. The van der Waals surface area contributed by atoms with E-state index in [1.165, 1.54) is 37.7 Å². The molecular formula is C44H72N2O3. The first kappa shape index (κ1) is 36.2. The van der Waals surface area contributed by atoms with E-state index in [-0.39, 0.29) is 44.5 Å². The van der Waals surface area contributed by atoms with Crippen molar-refractivity contribution in [2.45, 2.75) is 145 Å². The number of carbonyl (C=O) groups excluding carboxylic acids is 2. The Kier molecular flexibility index (Phi) is 8.79. The number of fused-ring (bicyclic) bond motifs is 7. The van der Waals surface area contributed by atoms with Gasteiger partial charge in [-0.3, -0.25) is 9.59 Å². The lowest BCUT2D eigenvalue weighted by Crippen LogP contribution is -2.67. The Morgan fingerprint density at radius 3 is 2.10 bits per heavy atom. The monoisotopic (exact) mass is 677 g/mol. The molecule has 1 aliphatic heterocycles. The zero-order valence-electron chi connectivity index (χ0n) is 33.0. The Balaban J connectivity index is 1.12. The number of ketones is 1. The normalized spacial score (nSPS) is 48.7. The fourth-order valence-corrected chi connectivity index (χ4v) is 15.3. The molecule has 0 aromatic heterocycles. The molecule has 276 valence electrons. The molecule has 12 atom stereocenters. The minimum absolute atomic E-state index is 0.0281. The molecule has 0 aromatic rings. The van der Waals surface area contributed by atoms with Gasteiger partial charge in [-0.1, -0.05) is 67.5 Å². The van der Waals surface area contributed by atoms with Crippen molar-refractivity contribution in [1.82, 2.24) is 9.80 Å². The number of hydrogen-bond acceptors (Lipinski definition) is 4. The van der Waals surface area contributed by atoms with Crippen LogP contribution in [0.5, 0.6) is 0 Å². The number of hydrogen-bond donors (Lipinski definition) is 1. The molecule has 6 aliphatic carbocycles. The van der Waals surface area contributed by atoms with Gasteiger partial charge in [0.2, 0.25) is 5.91 Å². The third-order valence-corrected chi connectivity index (χ3v) is 18.9. The Hall–Kier alpha value is -1.20. The van der Waals surface area contributed by atoms with Gasteiger partial charge in [-0.2, -0.15) is 0 Å². The highest BCUT2D eigenvalue weighted by Gasteiger charge is 2.72. The number of likely N-dealkylation sites (N-methyl/N-ethyl adjacent to an activating group) is 1. The zero-order chi connectivity index (χ0) is 35.5. The predicted molar refractivity (Wildman–Crippen MR) is 199 cm³/mol. The minimum Gasteiger partial charge on any atom is -0.393 e. The van der Waals surface area contributed by atoms with Gasteiger partial charge >= 0.3 is 0 Å². The standard InChI is InChI=1S/C44H72N2O3/c1-11-45-22-24-46(25-23-45)38(49)32-26-29(39(32,4)5)27-36(48)44-19-14-30(28(2)3)37(44)31-12-13-34-41(8)17-16-35(47)40(6,7)33(41)15-18-43(34,10)42(31,9)20-21-44/h29-35,37,47H,2,11-27H2,1,3-10H3/t29-,30+,31-,32+,33+,34-,35+,37-,41+,42-,43-,44-/m1/s1. The summed E-state index contributed by atoms with van der Waals surface area (Å²) in [4.78, 5) is 33.3. The second-order valence-corrected chi connectivity index (χ2v) is 20.9. The molecule has 6 saturated carbocycles. The Bertz CT molecular complexity index is 1350. The molecule has 0 radical (unpaired) electrons. The molecule has 0 bridgehead atoms. The third kappa shape index (κ3) is 4.95. The summed E-state index contributed by atoms with van der Waals surface area (Å²) in [7, 11) is 0. The average molecular weight is 677 g/mol. The summed E-state index contributed by atoms with van der Waals surface area (Å²) in [5.41, 5.74) is 1.65. The number of carbonyl (C=O) groups is 2. The van der Waals surface area contributed by atoms with Crippen molar-refractivity contribution in [2.75, 3.05) is 32.7 Å². The van der Waals surface area contributed by atoms with Crippen molar-refractivity contribution < 1.29 is 14.7 Å². The largest absolute Gasteiger partial charge is 0.393 e. The van der Waals surface area contributed by atoms with Crippen LogP contribution in [-0.4, -0.2) is 65.4 Å². The van der Waals surface area contributed by atoms with Crippen LogP contribution in [0.15, 0.2) is 12.2 Å². The van der Waals surface area contributed by atoms with Gasteiger partial charge in [0.15, 0.2) is 0 Å². The van der Waals surface area contributed by atoms with Gasteiger partial charge in [-0.05, 0) is 147 Å². The molecule has 0 aromatic carbocycles. The van der Waals surface area contributed by atoms with E-state index in [0.29, 0.717) is 53.6 Å². The number of nitrogens with zero attached hydrogens (tertiary/aromatic N) is 2. The number of amides is 1. The quantitative estimate of drug-likeness (QED) is 0.286. The number of piperazine rings is 1. The third-order valence-electron chi connectivity index (χ3n) is 18.9. The van der Waals surface area contributed by atoms with E-state index in [0.717, 1.165) is 71.2 Å². The Morgan fingerprint density at radius 1 is 0.776 bits per heavy atom. The van der Waals surface area contributed by atoms with Crippen LogP contribution in [0.4, 0.5) is 0 Å². The number of aliphatic hydroxyl groups excluding tert-OH is 1. The van der Waals surface area contributed by atoms with Gasteiger partial charge in [-0.25, -0.2) is 0 Å². The van der Waals surface area contributed by atoms with Crippen molar-refractivity contribution in [1.29, 1.82) is 0 Å². The SMILES string of the molecule is C=C(C)[C@@H]1CC[C@]2(C(=O)C[C@H]3C[C@@H](C(=O)N4CCN(CC)CC4)C3(C)C)CC[C@]3(C)[C@H](CC[C@@H]4[C@@]5(C)CC[C@H](O)C(C)(C)[C@@H]5CC[C@]43C)[C@@H]12. The molecule has 1 saturated heterocycles. The van der Waals surface area contributed by atoms with E-state index in [9.17, 15) is 9.90 Å². The van der Waals surface area contributed by atoms with E-state index in [4.69, 9.17) is 0 Å². The molecule has 7 rings (SSSR count). The van der Waals surface area contributed by atoms with Crippen molar-refractivity contribution in [3.05, 3.63) is 12.2 Å². The zero-order valence-corrected chi connectivity index (χ0v) is 33.0. The van der Waals surface area contributed by atoms with E-state index < -0.39 is 0 Å². The summed E-state index contributed by atoms with van der Waals surface area (Å²) in [5.74, 6) is 3.87. The second kappa shape index (κ2) is 11.9. The van der Waals surface area contributed by atoms with E-state index in [2.05, 4.69) is 78.7 Å². The maximum atomic E-state index is 15.0. The highest BCUT2D eigenvalue weighted by Crippen LogP contribution is 2.78. The van der Waals surface area contributed by atoms with Crippen LogP contribution in [0.1, 0.15) is 139 Å². The van der Waals surface area contributed by atoms with E-state index >= 15 is 4.79 Å². The molecule has 7 fully saturated rings. The van der Waals surface area contributed by atoms with Crippen LogP contribution in [0.3, 0.4) is 0 Å². The predicted octanol–water partition coefficient (Wildman–Crippen LogP) is 8.79. The summed E-state index contributed by atoms with van der Waals surface area (Å²) in [6, 6.07) is 0. The number of rotatable bonds is 6. The molecule has 5 heteroatoms. The molecule has 0 unspecified atom stereocenters. The molecule has 7 aliphatic rings. The molecule has 0 spiro atoms. The molecule has 1 amide bonds. The molecule has 5 nitrogen and oxygen atoms in total. The molecule has 49 heavy (non-hydrogen) atoms. The van der Waals surface area contributed by atoms with E-state index in [1.54, 1.807) is 0 Å². The van der Waals surface area contributed by atoms with Gasteiger partial charge in [0.1, 0.15) is 5.78 Å². The summed E-state index contributed by atoms with van der Waals surface area (Å²) in [6.07, 6.45) is 12.8. The molecular weight excluding hydrogens is 604 g/mol. The smallest absolute Gasteiger partial charge is 0.226 e. The molecule has 1 heterocycles. The second-order valence-electron chi connectivity index (χ2n) is 20.9. The number of aliphatic hydroxyl groups is 1. The van der Waals surface area contributed by atoms with Crippen molar-refractivity contribution >= 4 is 11.7 Å². The fourth-order valence-electron chi connectivity index (χ4n) is 15.3. The van der Waals surface area contributed by atoms with Crippen molar-refractivity contribution in [3.63, 3.8) is 0 Å². The van der Waals surface area contributed by atoms with Crippen LogP contribution in [-0.2, 0) is 9.59 Å². The van der Waals surface area contributed by atoms with Gasteiger partial charge in [0.05, 0.1) is 6.10 Å². The first-order valence-electron chi connectivity index (χ1n) is 20.8. The van der Waals surface area contributed by atoms with Crippen LogP contribution in [0.2, 0.25) is 0 Å². The summed E-state index contributed by atoms with van der Waals surface area (Å²) in [5, 5.41) is 11.1. The first-order chi connectivity index (χ1) is 22.9. The fraction of sp³-hybridized carbons (Fsp3) is 0.909. The lowest BCUT2D eigenvalue weighted by Gasteiger charge is -2.73. The van der Waals surface area contributed by atoms with Gasteiger partial charge in [-0.15, -0.1) is 0 Å². The van der Waals surface area contributed by atoms with E-state index in [1.807, 2.05) is 0 Å². The first-order valence-corrected chi connectivity index (χ1v) is 20.8. The summed E-state index contributed by atoms with van der Waals surface area (Å²) >= 11 is 0. The summed E-state index contributed by atoms with van der Waals surface area (Å²) < 4.78 is 0. The lowest BCUT2D eigenvalue weighted by atomic mass is 9.32. The van der Waals surface area contributed by atoms with Crippen LogP contribution in [0.25, 0.3) is 0 Å². The van der Waals surface area contributed by atoms with Crippen molar-refractivity contribution in [2.24, 2.45) is 73.9 Å². The van der Waals surface area contributed by atoms with Gasteiger partial charge in [0.25, 0.3) is 0 Å². The van der Waals surface area contributed by atoms with Crippen molar-refractivity contribution in [3.8, 4) is 0 Å². The highest BCUT2D eigenvalue weighted by molar-refractivity contribution is 5.87.